The molecule has 1 aliphatic rings. The lowest BCUT2D eigenvalue weighted by Crippen LogP contribution is -2.21. The second-order valence-electron chi connectivity index (χ2n) is 5.63. The highest BCUT2D eigenvalue weighted by atomic mass is 35.5. The van der Waals surface area contributed by atoms with Gasteiger partial charge >= 0.3 is 5.97 Å². The number of ether oxygens (including phenoxy) is 1. The van der Waals surface area contributed by atoms with Gasteiger partial charge in [0.15, 0.2) is 5.78 Å². The van der Waals surface area contributed by atoms with Crippen LogP contribution in [0, 0.1) is 0 Å². The molecule has 0 saturated heterocycles. The minimum Gasteiger partial charge on any atom is -0.429 e. The summed E-state index contributed by atoms with van der Waals surface area (Å²) >= 11 is 17.9. The molecule has 6 heteroatoms. The predicted molar refractivity (Wildman–Crippen MR) is 97.5 cm³/mol. The first-order chi connectivity index (χ1) is 11.5. The van der Waals surface area contributed by atoms with Crippen LogP contribution in [0.1, 0.15) is 44.1 Å². The van der Waals surface area contributed by atoms with Crippen molar-refractivity contribution in [3.05, 3.63) is 40.6 Å². The average Bonchev–Trinajstić information content (AvgIpc) is 2.56. The Hall–Kier alpha value is -1.03. The van der Waals surface area contributed by atoms with Gasteiger partial charge in [0.05, 0.1) is 5.57 Å². The maximum Gasteiger partial charge on any atom is 0.329 e. The fourth-order valence-electron chi connectivity index (χ4n) is 2.60. The van der Waals surface area contributed by atoms with E-state index in [0.29, 0.717) is 53.5 Å². The Labute approximate surface area is 156 Å². The minimum absolute atomic E-state index is 0.0644. The molecule has 1 unspecified atom stereocenters. The molecule has 1 aliphatic carbocycles. The van der Waals surface area contributed by atoms with Crippen LogP contribution in [0.25, 0.3) is 5.57 Å². The van der Waals surface area contributed by atoms with Crippen molar-refractivity contribution >= 4 is 52.1 Å². The standard InChI is InChI=1S/C18H19Cl3O3/c19-11-4-3-8-14(21)18(23)24-16-10-5-9-15(22)17(16)12-6-1-2-7-13(12)20/h1-2,6-7,14H,3-5,8-11H2. The number of ketones is 1. The van der Waals surface area contributed by atoms with E-state index in [1.54, 1.807) is 24.3 Å². The second kappa shape index (κ2) is 9.45. The summed E-state index contributed by atoms with van der Waals surface area (Å²) in [6.07, 6.45) is 3.63. The first-order valence-corrected chi connectivity index (χ1v) is 9.32. The number of halogens is 3. The Bertz CT molecular complexity index is 640. The third-order valence-electron chi connectivity index (χ3n) is 3.83. The largest absolute Gasteiger partial charge is 0.429 e. The lowest BCUT2D eigenvalue weighted by atomic mass is 9.91. The van der Waals surface area contributed by atoms with E-state index < -0.39 is 11.3 Å². The monoisotopic (exact) mass is 388 g/mol. The quantitative estimate of drug-likeness (QED) is 0.358. The van der Waals surface area contributed by atoms with Gasteiger partial charge in [0.2, 0.25) is 0 Å². The zero-order valence-electron chi connectivity index (χ0n) is 13.2. The van der Waals surface area contributed by atoms with E-state index in [2.05, 4.69) is 0 Å². The van der Waals surface area contributed by atoms with Crippen LogP contribution in [0.3, 0.4) is 0 Å². The van der Waals surface area contributed by atoms with Crippen LogP contribution in [-0.2, 0) is 14.3 Å². The maximum absolute atomic E-state index is 12.4. The van der Waals surface area contributed by atoms with Crippen LogP contribution in [0.4, 0.5) is 0 Å². The molecular formula is C18H19Cl3O3. The molecule has 0 bridgehead atoms. The van der Waals surface area contributed by atoms with Crippen LogP contribution in [0.5, 0.6) is 0 Å². The number of Topliss-reactive ketones (excluding diaryl/α,β-unsaturated/α-hetero) is 1. The molecule has 0 amide bonds. The van der Waals surface area contributed by atoms with Gasteiger partial charge in [0.25, 0.3) is 0 Å². The molecular weight excluding hydrogens is 371 g/mol. The Morgan fingerprint density at radius 1 is 1.21 bits per heavy atom. The van der Waals surface area contributed by atoms with Gasteiger partial charge in [0.1, 0.15) is 11.1 Å². The fraction of sp³-hybridized carbons (Fsp3) is 0.444. The number of unbranched alkanes of at least 4 members (excludes halogenated alkanes) is 1. The van der Waals surface area contributed by atoms with Gasteiger partial charge < -0.3 is 4.74 Å². The van der Waals surface area contributed by atoms with Crippen molar-refractivity contribution in [3.63, 3.8) is 0 Å². The van der Waals surface area contributed by atoms with Gasteiger partial charge in [-0.3, -0.25) is 9.59 Å². The highest BCUT2D eigenvalue weighted by Crippen LogP contribution is 2.34. The number of esters is 1. The maximum atomic E-state index is 12.4. The summed E-state index contributed by atoms with van der Waals surface area (Å²) in [6, 6.07) is 7.05. The van der Waals surface area contributed by atoms with E-state index in [9.17, 15) is 9.59 Å². The lowest BCUT2D eigenvalue weighted by Gasteiger charge is -2.21. The molecule has 0 fully saturated rings. The molecule has 0 N–H and O–H groups in total. The van der Waals surface area contributed by atoms with Gasteiger partial charge in [-0.05, 0) is 25.3 Å². The Morgan fingerprint density at radius 3 is 2.67 bits per heavy atom. The molecule has 130 valence electrons. The van der Waals surface area contributed by atoms with E-state index >= 15 is 0 Å². The molecule has 2 rings (SSSR count). The van der Waals surface area contributed by atoms with Crippen LogP contribution in [0.2, 0.25) is 5.02 Å². The van der Waals surface area contributed by atoms with Crippen molar-refractivity contribution in [2.45, 2.75) is 43.9 Å². The third kappa shape index (κ3) is 4.98. The average molecular weight is 390 g/mol. The molecule has 24 heavy (non-hydrogen) atoms. The number of carbonyl (C=O) groups is 2. The van der Waals surface area contributed by atoms with Gasteiger partial charge in [-0.15, -0.1) is 23.2 Å². The number of carbonyl (C=O) groups excluding carboxylic acids is 2. The number of rotatable bonds is 7. The molecule has 0 heterocycles. The zero-order valence-corrected chi connectivity index (χ0v) is 15.5. The molecule has 0 aromatic heterocycles. The molecule has 0 spiro atoms. The number of allylic oxidation sites excluding steroid dienone is 2. The fourth-order valence-corrected chi connectivity index (χ4v) is 3.22. The van der Waals surface area contributed by atoms with Crippen LogP contribution in [0.15, 0.2) is 30.0 Å². The number of alkyl halides is 2. The molecule has 1 aromatic carbocycles. The van der Waals surface area contributed by atoms with E-state index in [0.717, 1.165) is 12.8 Å². The van der Waals surface area contributed by atoms with Crippen molar-refractivity contribution in [2.75, 3.05) is 5.88 Å². The summed E-state index contributed by atoms with van der Waals surface area (Å²) < 4.78 is 5.47. The lowest BCUT2D eigenvalue weighted by molar-refractivity contribution is -0.139. The smallest absolute Gasteiger partial charge is 0.329 e. The van der Waals surface area contributed by atoms with E-state index in [1.807, 2.05) is 0 Å². The van der Waals surface area contributed by atoms with Gasteiger partial charge in [0, 0.05) is 29.3 Å². The minimum atomic E-state index is -0.745. The number of hydrogen-bond donors (Lipinski definition) is 0. The van der Waals surface area contributed by atoms with E-state index in [-0.39, 0.29) is 5.78 Å². The summed E-state index contributed by atoms with van der Waals surface area (Å²) in [4.78, 5) is 24.6. The first kappa shape index (κ1) is 19.3. The molecule has 0 radical (unpaired) electrons. The van der Waals surface area contributed by atoms with E-state index in [4.69, 9.17) is 39.5 Å². The van der Waals surface area contributed by atoms with Crippen molar-refractivity contribution < 1.29 is 14.3 Å². The highest BCUT2D eigenvalue weighted by molar-refractivity contribution is 6.35. The molecule has 1 aromatic rings. The van der Waals surface area contributed by atoms with Gasteiger partial charge in [-0.2, -0.15) is 0 Å². The van der Waals surface area contributed by atoms with E-state index in [1.165, 1.54) is 0 Å². The number of hydrogen-bond acceptors (Lipinski definition) is 3. The summed E-state index contributed by atoms with van der Waals surface area (Å²) in [5, 5.41) is -0.286. The zero-order chi connectivity index (χ0) is 17.5. The topological polar surface area (TPSA) is 43.4 Å². The summed E-state index contributed by atoms with van der Waals surface area (Å²) in [6.45, 7) is 0. The van der Waals surface area contributed by atoms with Crippen LogP contribution in [-0.4, -0.2) is 23.0 Å². The second-order valence-corrected chi connectivity index (χ2v) is 6.94. The summed E-state index contributed by atoms with van der Waals surface area (Å²) in [5.74, 6) is 0.313. The number of benzene rings is 1. The Morgan fingerprint density at radius 2 is 1.96 bits per heavy atom. The molecule has 0 aliphatic heterocycles. The molecule has 1 atom stereocenters. The van der Waals surface area contributed by atoms with Gasteiger partial charge in [-0.25, -0.2) is 0 Å². The Balaban J connectivity index is 2.21. The third-order valence-corrected chi connectivity index (χ3v) is 4.82. The first-order valence-electron chi connectivity index (χ1n) is 7.97. The van der Waals surface area contributed by atoms with Crippen molar-refractivity contribution in [2.24, 2.45) is 0 Å². The SMILES string of the molecule is O=C1CCCC(OC(=O)C(Cl)CCCCCl)=C1c1ccccc1Cl. The molecule has 3 nitrogen and oxygen atoms in total. The van der Waals surface area contributed by atoms with Crippen molar-refractivity contribution in [1.29, 1.82) is 0 Å². The highest BCUT2D eigenvalue weighted by Gasteiger charge is 2.28. The van der Waals surface area contributed by atoms with Crippen LogP contribution < -0.4 is 0 Å². The molecule has 0 saturated carbocycles. The summed E-state index contributed by atoms with van der Waals surface area (Å²) in [7, 11) is 0. The van der Waals surface area contributed by atoms with Crippen molar-refractivity contribution in [3.8, 4) is 0 Å². The van der Waals surface area contributed by atoms with Crippen LogP contribution >= 0.6 is 34.8 Å². The van der Waals surface area contributed by atoms with Crippen molar-refractivity contribution in [1.82, 2.24) is 0 Å². The summed E-state index contributed by atoms with van der Waals surface area (Å²) in [5.41, 5.74) is 0.991. The normalized spacial score (nSPS) is 16.2. The van der Waals surface area contributed by atoms with Gasteiger partial charge in [-0.1, -0.05) is 36.2 Å². The Kier molecular flexibility index (Phi) is 7.60. The predicted octanol–water partition coefficient (Wildman–Crippen LogP) is 5.36.